The maximum absolute atomic E-state index is 13.0. The SMILES string of the molecule is Cc1cc(F)ccc1CCNC(=O)c1ccc(Cl)cc1O. The van der Waals surface area contributed by atoms with Crippen molar-refractivity contribution in [1.29, 1.82) is 0 Å². The molecule has 110 valence electrons. The Kier molecular flexibility index (Phi) is 4.81. The van der Waals surface area contributed by atoms with E-state index in [1.54, 1.807) is 12.1 Å². The van der Waals surface area contributed by atoms with Gasteiger partial charge in [-0.05, 0) is 54.8 Å². The van der Waals surface area contributed by atoms with Crippen molar-refractivity contribution in [3.8, 4) is 5.75 Å². The number of aromatic hydroxyl groups is 1. The number of halogens is 2. The number of hydrogen-bond donors (Lipinski definition) is 2. The molecule has 2 rings (SSSR count). The summed E-state index contributed by atoms with van der Waals surface area (Å²) in [4.78, 5) is 11.9. The Morgan fingerprint density at radius 3 is 2.71 bits per heavy atom. The molecule has 0 atom stereocenters. The molecular formula is C16H15ClFNO2. The number of aryl methyl sites for hydroxylation is 1. The lowest BCUT2D eigenvalue weighted by molar-refractivity contribution is 0.0951. The first-order chi connectivity index (χ1) is 9.97. The number of phenols is 1. The van der Waals surface area contributed by atoms with Crippen LogP contribution in [0.15, 0.2) is 36.4 Å². The zero-order chi connectivity index (χ0) is 15.4. The molecule has 0 fully saturated rings. The molecule has 0 radical (unpaired) electrons. The number of amides is 1. The first-order valence-corrected chi connectivity index (χ1v) is 6.87. The number of carbonyl (C=O) groups is 1. The fraction of sp³-hybridized carbons (Fsp3) is 0.188. The molecule has 0 unspecified atom stereocenters. The Morgan fingerprint density at radius 2 is 2.05 bits per heavy atom. The minimum Gasteiger partial charge on any atom is -0.507 e. The van der Waals surface area contributed by atoms with Crippen molar-refractivity contribution >= 4 is 17.5 Å². The van der Waals surface area contributed by atoms with E-state index < -0.39 is 0 Å². The molecule has 0 aromatic heterocycles. The number of phenolic OH excluding ortho intramolecular Hbond substituents is 1. The summed E-state index contributed by atoms with van der Waals surface area (Å²) in [6, 6.07) is 8.89. The smallest absolute Gasteiger partial charge is 0.255 e. The first-order valence-electron chi connectivity index (χ1n) is 6.49. The second-order valence-corrected chi connectivity index (χ2v) is 5.17. The van der Waals surface area contributed by atoms with Crippen LogP contribution >= 0.6 is 11.6 Å². The van der Waals surface area contributed by atoms with Gasteiger partial charge in [-0.3, -0.25) is 4.79 Å². The number of benzene rings is 2. The second-order valence-electron chi connectivity index (χ2n) is 4.74. The number of hydrogen-bond acceptors (Lipinski definition) is 2. The van der Waals surface area contributed by atoms with Crippen LogP contribution < -0.4 is 5.32 Å². The molecule has 0 heterocycles. The predicted octanol–water partition coefficient (Wildman–Crippen LogP) is 3.47. The molecule has 3 nitrogen and oxygen atoms in total. The van der Waals surface area contributed by atoms with Crippen molar-refractivity contribution in [2.24, 2.45) is 0 Å². The van der Waals surface area contributed by atoms with Crippen LogP contribution in [0.2, 0.25) is 5.02 Å². The van der Waals surface area contributed by atoms with E-state index in [4.69, 9.17) is 11.6 Å². The summed E-state index contributed by atoms with van der Waals surface area (Å²) in [5, 5.41) is 12.7. The molecule has 0 saturated carbocycles. The highest BCUT2D eigenvalue weighted by atomic mass is 35.5. The zero-order valence-electron chi connectivity index (χ0n) is 11.5. The molecule has 2 aromatic rings. The van der Waals surface area contributed by atoms with Crippen LogP contribution in [0, 0.1) is 12.7 Å². The van der Waals surface area contributed by atoms with Gasteiger partial charge >= 0.3 is 0 Å². The molecule has 0 aliphatic carbocycles. The largest absolute Gasteiger partial charge is 0.507 e. The molecular weight excluding hydrogens is 293 g/mol. The van der Waals surface area contributed by atoms with Crippen LogP contribution in [-0.4, -0.2) is 17.6 Å². The van der Waals surface area contributed by atoms with Crippen molar-refractivity contribution < 1.29 is 14.3 Å². The van der Waals surface area contributed by atoms with Crippen molar-refractivity contribution in [3.63, 3.8) is 0 Å². The maximum Gasteiger partial charge on any atom is 0.255 e. The molecule has 0 saturated heterocycles. The van der Waals surface area contributed by atoms with Gasteiger partial charge in [-0.25, -0.2) is 4.39 Å². The van der Waals surface area contributed by atoms with Crippen molar-refractivity contribution in [2.45, 2.75) is 13.3 Å². The Bertz CT molecular complexity index is 673. The fourth-order valence-electron chi connectivity index (χ4n) is 2.04. The summed E-state index contributed by atoms with van der Waals surface area (Å²) in [5.41, 5.74) is 1.99. The lowest BCUT2D eigenvalue weighted by atomic mass is 10.1. The van der Waals surface area contributed by atoms with Gasteiger partial charge in [-0.15, -0.1) is 0 Å². The monoisotopic (exact) mass is 307 g/mol. The summed E-state index contributed by atoms with van der Waals surface area (Å²) in [5.74, 6) is -0.798. The summed E-state index contributed by atoms with van der Waals surface area (Å²) in [6.45, 7) is 2.22. The molecule has 0 spiro atoms. The maximum atomic E-state index is 13.0. The molecule has 21 heavy (non-hydrogen) atoms. The molecule has 2 aromatic carbocycles. The van der Waals surface area contributed by atoms with Crippen LogP contribution in [0.5, 0.6) is 5.75 Å². The minimum atomic E-state index is -0.371. The van der Waals surface area contributed by atoms with E-state index in [0.717, 1.165) is 11.1 Å². The minimum absolute atomic E-state index is 0.155. The van der Waals surface area contributed by atoms with Gasteiger partial charge in [0.05, 0.1) is 5.56 Å². The normalized spacial score (nSPS) is 10.4. The summed E-state index contributed by atoms with van der Waals surface area (Å²) < 4.78 is 13.0. The van der Waals surface area contributed by atoms with Gasteiger partial charge in [0.2, 0.25) is 0 Å². The Hall–Kier alpha value is -2.07. The van der Waals surface area contributed by atoms with Gasteiger partial charge in [0.1, 0.15) is 11.6 Å². The summed E-state index contributed by atoms with van der Waals surface area (Å²) in [7, 11) is 0. The molecule has 0 aliphatic heterocycles. The average molecular weight is 308 g/mol. The van der Waals surface area contributed by atoms with Gasteiger partial charge in [0.15, 0.2) is 0 Å². The van der Waals surface area contributed by atoms with Crippen LogP contribution in [0.1, 0.15) is 21.5 Å². The fourth-order valence-corrected chi connectivity index (χ4v) is 2.21. The van der Waals surface area contributed by atoms with Crippen LogP contribution in [0.25, 0.3) is 0 Å². The van der Waals surface area contributed by atoms with E-state index in [-0.39, 0.29) is 23.0 Å². The summed E-state index contributed by atoms with van der Waals surface area (Å²) >= 11 is 5.71. The lowest BCUT2D eigenvalue weighted by Crippen LogP contribution is -2.25. The van der Waals surface area contributed by atoms with E-state index in [9.17, 15) is 14.3 Å². The van der Waals surface area contributed by atoms with Crippen molar-refractivity contribution in [1.82, 2.24) is 5.32 Å². The number of nitrogens with one attached hydrogen (secondary N) is 1. The Labute approximate surface area is 127 Å². The zero-order valence-corrected chi connectivity index (χ0v) is 12.2. The van der Waals surface area contributed by atoms with Crippen LogP contribution in [0.4, 0.5) is 4.39 Å². The second kappa shape index (κ2) is 6.59. The highest BCUT2D eigenvalue weighted by Crippen LogP contribution is 2.21. The van der Waals surface area contributed by atoms with Gasteiger partial charge in [0, 0.05) is 11.6 Å². The lowest BCUT2D eigenvalue weighted by Gasteiger charge is -2.09. The molecule has 2 N–H and O–H groups in total. The highest BCUT2D eigenvalue weighted by molar-refractivity contribution is 6.30. The van der Waals surface area contributed by atoms with E-state index in [2.05, 4.69) is 5.32 Å². The quantitative estimate of drug-likeness (QED) is 0.908. The number of rotatable bonds is 4. The number of carbonyl (C=O) groups excluding carboxylic acids is 1. The average Bonchev–Trinajstić information content (AvgIpc) is 2.41. The molecule has 5 heteroatoms. The van der Waals surface area contributed by atoms with Crippen LogP contribution in [0.3, 0.4) is 0 Å². The van der Waals surface area contributed by atoms with Crippen molar-refractivity contribution in [3.05, 3.63) is 63.9 Å². The topological polar surface area (TPSA) is 49.3 Å². The standard InChI is InChI=1S/C16H15ClFNO2/c1-10-8-13(18)4-2-11(10)6-7-19-16(21)14-5-3-12(17)9-15(14)20/h2-5,8-9,20H,6-7H2,1H3,(H,19,21). The summed E-state index contributed by atoms with van der Waals surface area (Å²) in [6.07, 6.45) is 0.589. The first kappa shape index (κ1) is 15.3. The van der Waals surface area contributed by atoms with E-state index in [1.165, 1.54) is 24.3 Å². The van der Waals surface area contributed by atoms with Crippen LogP contribution in [-0.2, 0) is 6.42 Å². The third-order valence-corrected chi connectivity index (χ3v) is 3.42. The van der Waals surface area contributed by atoms with E-state index >= 15 is 0 Å². The van der Waals surface area contributed by atoms with Gasteiger partial charge in [0.25, 0.3) is 5.91 Å². The molecule has 0 aliphatic rings. The van der Waals surface area contributed by atoms with E-state index in [0.29, 0.717) is 18.0 Å². The van der Waals surface area contributed by atoms with Gasteiger partial charge < -0.3 is 10.4 Å². The molecule has 1 amide bonds. The highest BCUT2D eigenvalue weighted by Gasteiger charge is 2.11. The molecule has 0 bridgehead atoms. The van der Waals surface area contributed by atoms with Gasteiger partial charge in [-0.1, -0.05) is 17.7 Å². The third kappa shape index (κ3) is 3.95. The Balaban J connectivity index is 1.95. The predicted molar refractivity (Wildman–Crippen MR) is 80.3 cm³/mol. The van der Waals surface area contributed by atoms with Gasteiger partial charge in [-0.2, -0.15) is 0 Å². The third-order valence-electron chi connectivity index (χ3n) is 3.19. The van der Waals surface area contributed by atoms with E-state index in [1.807, 2.05) is 6.92 Å². The Morgan fingerprint density at radius 1 is 1.29 bits per heavy atom. The van der Waals surface area contributed by atoms with Crippen molar-refractivity contribution in [2.75, 3.05) is 6.54 Å².